The minimum absolute atomic E-state index is 0.669. The summed E-state index contributed by atoms with van der Waals surface area (Å²) in [6.45, 7) is 0. The molecule has 0 bridgehead atoms. The SMILES string of the molecule is Nc1ccc(Cl)c(-c2nc3cc(Br)ccc3s2)c1. The van der Waals surface area contributed by atoms with Crippen molar-refractivity contribution in [3.05, 3.63) is 45.9 Å². The molecule has 0 aliphatic carbocycles. The Morgan fingerprint density at radius 3 is 2.83 bits per heavy atom. The van der Waals surface area contributed by atoms with E-state index < -0.39 is 0 Å². The fourth-order valence-electron chi connectivity index (χ4n) is 1.72. The maximum absolute atomic E-state index is 6.19. The summed E-state index contributed by atoms with van der Waals surface area (Å²) >= 11 is 11.2. The average molecular weight is 340 g/mol. The maximum Gasteiger partial charge on any atom is 0.126 e. The summed E-state index contributed by atoms with van der Waals surface area (Å²) < 4.78 is 2.15. The molecule has 0 spiro atoms. The van der Waals surface area contributed by atoms with Crippen molar-refractivity contribution in [3.63, 3.8) is 0 Å². The Morgan fingerprint density at radius 2 is 2.00 bits per heavy atom. The van der Waals surface area contributed by atoms with E-state index in [0.717, 1.165) is 25.3 Å². The van der Waals surface area contributed by atoms with Crippen LogP contribution in [0.25, 0.3) is 20.8 Å². The van der Waals surface area contributed by atoms with Gasteiger partial charge in [0.2, 0.25) is 0 Å². The van der Waals surface area contributed by atoms with Crippen LogP contribution in [0.3, 0.4) is 0 Å². The number of fused-ring (bicyclic) bond motifs is 1. The van der Waals surface area contributed by atoms with Crippen LogP contribution in [0.2, 0.25) is 5.02 Å². The van der Waals surface area contributed by atoms with Gasteiger partial charge in [-0.2, -0.15) is 0 Å². The molecule has 3 aromatic rings. The Hall–Kier alpha value is -1.10. The summed E-state index contributed by atoms with van der Waals surface area (Å²) in [6, 6.07) is 11.5. The van der Waals surface area contributed by atoms with Gasteiger partial charge in [-0.15, -0.1) is 11.3 Å². The highest BCUT2D eigenvalue weighted by Crippen LogP contribution is 2.36. The van der Waals surface area contributed by atoms with E-state index in [0.29, 0.717) is 10.7 Å². The predicted molar refractivity (Wildman–Crippen MR) is 82.2 cm³/mol. The van der Waals surface area contributed by atoms with Gasteiger partial charge in [0, 0.05) is 15.7 Å². The Bertz CT molecular complexity index is 739. The molecule has 0 radical (unpaired) electrons. The van der Waals surface area contributed by atoms with Crippen molar-refractivity contribution in [2.45, 2.75) is 0 Å². The lowest BCUT2D eigenvalue weighted by Crippen LogP contribution is -1.86. The number of halogens is 2. The van der Waals surface area contributed by atoms with Gasteiger partial charge in [0.1, 0.15) is 5.01 Å². The predicted octanol–water partition coefficient (Wildman–Crippen LogP) is 4.96. The van der Waals surface area contributed by atoms with E-state index in [4.69, 9.17) is 17.3 Å². The molecule has 1 aromatic heterocycles. The molecule has 5 heteroatoms. The maximum atomic E-state index is 6.19. The highest BCUT2D eigenvalue weighted by molar-refractivity contribution is 9.10. The Morgan fingerprint density at radius 1 is 1.17 bits per heavy atom. The second kappa shape index (κ2) is 4.53. The third-order valence-electron chi connectivity index (χ3n) is 2.57. The molecule has 90 valence electrons. The minimum Gasteiger partial charge on any atom is -0.399 e. The number of hydrogen-bond acceptors (Lipinski definition) is 3. The second-order valence-corrected chi connectivity index (χ2v) is 6.22. The zero-order chi connectivity index (χ0) is 12.7. The summed E-state index contributed by atoms with van der Waals surface area (Å²) in [5.41, 5.74) is 8.33. The van der Waals surface area contributed by atoms with Crippen LogP contribution in [0, 0.1) is 0 Å². The minimum atomic E-state index is 0.669. The second-order valence-electron chi connectivity index (χ2n) is 3.87. The number of nitrogen functional groups attached to an aromatic ring is 1. The van der Waals surface area contributed by atoms with E-state index in [1.165, 1.54) is 0 Å². The normalized spacial score (nSPS) is 11.0. The molecule has 0 saturated heterocycles. The number of anilines is 1. The molecular weight excluding hydrogens is 332 g/mol. The Kier molecular flexibility index (Phi) is 3.01. The molecule has 0 amide bonds. The molecule has 0 fully saturated rings. The first kappa shape index (κ1) is 12.0. The monoisotopic (exact) mass is 338 g/mol. The van der Waals surface area contributed by atoms with Crippen molar-refractivity contribution >= 4 is 54.8 Å². The van der Waals surface area contributed by atoms with Gasteiger partial charge in [0.15, 0.2) is 0 Å². The molecule has 18 heavy (non-hydrogen) atoms. The summed E-state index contributed by atoms with van der Waals surface area (Å²) in [5, 5.41) is 1.56. The summed E-state index contributed by atoms with van der Waals surface area (Å²) in [6.07, 6.45) is 0. The smallest absolute Gasteiger partial charge is 0.126 e. The number of aromatic nitrogens is 1. The molecule has 2 N–H and O–H groups in total. The number of nitrogens with two attached hydrogens (primary N) is 1. The molecule has 3 rings (SSSR count). The highest BCUT2D eigenvalue weighted by atomic mass is 79.9. The first-order chi connectivity index (χ1) is 8.63. The van der Waals surface area contributed by atoms with Crippen LogP contribution in [0.4, 0.5) is 5.69 Å². The van der Waals surface area contributed by atoms with Gasteiger partial charge >= 0.3 is 0 Å². The van der Waals surface area contributed by atoms with Crippen LogP contribution in [0.1, 0.15) is 0 Å². The van der Waals surface area contributed by atoms with Crippen LogP contribution in [-0.4, -0.2) is 4.98 Å². The summed E-state index contributed by atoms with van der Waals surface area (Å²) in [7, 11) is 0. The van der Waals surface area contributed by atoms with E-state index in [2.05, 4.69) is 20.9 Å². The van der Waals surface area contributed by atoms with Crippen molar-refractivity contribution in [2.24, 2.45) is 0 Å². The van der Waals surface area contributed by atoms with E-state index in [1.807, 2.05) is 24.3 Å². The number of benzene rings is 2. The summed E-state index contributed by atoms with van der Waals surface area (Å²) in [4.78, 5) is 4.59. The molecule has 2 aromatic carbocycles. The summed E-state index contributed by atoms with van der Waals surface area (Å²) in [5.74, 6) is 0. The highest BCUT2D eigenvalue weighted by Gasteiger charge is 2.10. The van der Waals surface area contributed by atoms with E-state index in [9.17, 15) is 0 Å². The van der Waals surface area contributed by atoms with Gasteiger partial charge in [-0.25, -0.2) is 4.98 Å². The molecule has 1 heterocycles. The quantitative estimate of drug-likeness (QED) is 0.636. The van der Waals surface area contributed by atoms with Gasteiger partial charge in [-0.3, -0.25) is 0 Å². The first-order valence-corrected chi connectivity index (χ1v) is 7.24. The van der Waals surface area contributed by atoms with E-state index in [1.54, 1.807) is 23.5 Å². The molecule has 0 atom stereocenters. The van der Waals surface area contributed by atoms with Crippen molar-refractivity contribution in [3.8, 4) is 10.6 Å². The van der Waals surface area contributed by atoms with Crippen LogP contribution >= 0.6 is 38.9 Å². The third-order valence-corrected chi connectivity index (χ3v) is 4.46. The first-order valence-electron chi connectivity index (χ1n) is 5.25. The fraction of sp³-hybridized carbons (Fsp3) is 0. The molecule has 0 saturated carbocycles. The lowest BCUT2D eigenvalue weighted by molar-refractivity contribution is 1.47. The van der Waals surface area contributed by atoms with E-state index in [-0.39, 0.29) is 0 Å². The number of thiazole rings is 1. The number of hydrogen-bond donors (Lipinski definition) is 1. The zero-order valence-corrected chi connectivity index (χ0v) is 12.3. The Labute approximate surface area is 122 Å². The van der Waals surface area contributed by atoms with Crippen molar-refractivity contribution in [1.29, 1.82) is 0 Å². The Balaban J connectivity index is 2.22. The average Bonchev–Trinajstić information content (AvgIpc) is 2.74. The lowest BCUT2D eigenvalue weighted by Gasteiger charge is -2.01. The number of nitrogens with zero attached hydrogens (tertiary/aromatic N) is 1. The zero-order valence-electron chi connectivity index (χ0n) is 9.15. The van der Waals surface area contributed by atoms with Crippen molar-refractivity contribution in [1.82, 2.24) is 4.98 Å². The molecule has 0 aliphatic heterocycles. The molecular formula is C13H8BrClN2S. The van der Waals surface area contributed by atoms with Crippen LogP contribution in [-0.2, 0) is 0 Å². The van der Waals surface area contributed by atoms with Crippen molar-refractivity contribution in [2.75, 3.05) is 5.73 Å². The van der Waals surface area contributed by atoms with Gasteiger partial charge in [-0.05, 0) is 36.4 Å². The van der Waals surface area contributed by atoms with Gasteiger partial charge in [0.05, 0.1) is 15.2 Å². The lowest BCUT2D eigenvalue weighted by atomic mass is 10.2. The standard InChI is InChI=1S/C13H8BrClN2S/c14-7-1-4-12-11(5-7)17-13(18-12)9-6-8(16)2-3-10(9)15/h1-6H,16H2. The van der Waals surface area contributed by atoms with Crippen LogP contribution < -0.4 is 5.73 Å². The molecule has 2 nitrogen and oxygen atoms in total. The third kappa shape index (κ3) is 2.11. The van der Waals surface area contributed by atoms with Gasteiger partial charge in [-0.1, -0.05) is 27.5 Å². The number of rotatable bonds is 1. The van der Waals surface area contributed by atoms with E-state index >= 15 is 0 Å². The topological polar surface area (TPSA) is 38.9 Å². The molecule has 0 aliphatic rings. The fourth-order valence-corrected chi connectivity index (χ4v) is 3.31. The molecule has 0 unspecified atom stereocenters. The van der Waals surface area contributed by atoms with Crippen LogP contribution in [0.15, 0.2) is 40.9 Å². The van der Waals surface area contributed by atoms with Gasteiger partial charge in [0.25, 0.3) is 0 Å². The van der Waals surface area contributed by atoms with Gasteiger partial charge < -0.3 is 5.73 Å². The van der Waals surface area contributed by atoms with Crippen molar-refractivity contribution < 1.29 is 0 Å². The van der Waals surface area contributed by atoms with Crippen LogP contribution in [0.5, 0.6) is 0 Å². The largest absolute Gasteiger partial charge is 0.399 e.